The maximum Gasteiger partial charge on any atom is 0.155 e. The lowest BCUT2D eigenvalue weighted by Crippen LogP contribution is -2.32. The minimum Gasteiger partial charge on any atom is -0.380 e. The van der Waals surface area contributed by atoms with Crippen LogP contribution in [0.15, 0.2) is 6.07 Å². The second kappa shape index (κ2) is 6.30. The fourth-order valence-corrected chi connectivity index (χ4v) is 2.53. The maximum atomic E-state index is 12.3. The van der Waals surface area contributed by atoms with Crippen LogP contribution < -0.4 is 5.32 Å². The SMILES string of the molecule is CCc1cc(CC(=O)C2CC(OC)CN2)n(CC)n1. The highest BCUT2D eigenvalue weighted by Crippen LogP contribution is 2.14. The first kappa shape index (κ1) is 14.2. The quantitative estimate of drug-likeness (QED) is 0.832. The zero-order chi connectivity index (χ0) is 13.8. The van der Waals surface area contributed by atoms with Crippen molar-refractivity contribution in [1.29, 1.82) is 0 Å². The van der Waals surface area contributed by atoms with E-state index in [0.29, 0.717) is 6.42 Å². The molecule has 1 N–H and O–H groups in total. The Hall–Kier alpha value is -1.20. The molecule has 2 unspecified atom stereocenters. The molecule has 0 aliphatic carbocycles. The molecular formula is C14H23N3O2. The van der Waals surface area contributed by atoms with Crippen molar-refractivity contribution in [3.63, 3.8) is 0 Å². The van der Waals surface area contributed by atoms with Crippen molar-refractivity contribution in [2.24, 2.45) is 0 Å². The summed E-state index contributed by atoms with van der Waals surface area (Å²) in [5.41, 5.74) is 2.07. The van der Waals surface area contributed by atoms with Gasteiger partial charge in [-0.25, -0.2) is 0 Å². The highest BCUT2D eigenvalue weighted by atomic mass is 16.5. The molecule has 19 heavy (non-hydrogen) atoms. The summed E-state index contributed by atoms with van der Waals surface area (Å²) in [4.78, 5) is 12.3. The van der Waals surface area contributed by atoms with Crippen molar-refractivity contribution in [3.8, 4) is 0 Å². The average molecular weight is 265 g/mol. The topological polar surface area (TPSA) is 56.1 Å². The fourth-order valence-electron chi connectivity index (χ4n) is 2.53. The van der Waals surface area contributed by atoms with E-state index in [1.165, 1.54) is 0 Å². The molecule has 1 saturated heterocycles. The number of Topliss-reactive ketones (excluding diaryl/α,β-unsaturated/α-hetero) is 1. The van der Waals surface area contributed by atoms with E-state index in [1.807, 2.05) is 10.7 Å². The number of ether oxygens (including phenoxy) is 1. The first-order chi connectivity index (χ1) is 9.17. The van der Waals surface area contributed by atoms with Crippen molar-refractivity contribution in [2.75, 3.05) is 13.7 Å². The number of rotatable bonds is 6. The number of hydrogen-bond donors (Lipinski definition) is 1. The third-order valence-corrected chi connectivity index (χ3v) is 3.74. The van der Waals surface area contributed by atoms with Crippen LogP contribution >= 0.6 is 0 Å². The Morgan fingerprint density at radius 1 is 1.58 bits per heavy atom. The number of nitrogens with zero attached hydrogens (tertiary/aromatic N) is 2. The predicted molar refractivity (Wildman–Crippen MR) is 73.2 cm³/mol. The summed E-state index contributed by atoms with van der Waals surface area (Å²) in [6.45, 7) is 5.70. The molecule has 1 aliphatic rings. The third-order valence-electron chi connectivity index (χ3n) is 3.74. The van der Waals surface area contributed by atoms with E-state index >= 15 is 0 Å². The molecule has 2 heterocycles. The number of aromatic nitrogens is 2. The van der Waals surface area contributed by atoms with Gasteiger partial charge in [-0.15, -0.1) is 0 Å². The number of aryl methyl sites for hydroxylation is 2. The van der Waals surface area contributed by atoms with Crippen LogP contribution in [0.1, 0.15) is 31.7 Å². The van der Waals surface area contributed by atoms with E-state index in [2.05, 4.69) is 24.3 Å². The highest BCUT2D eigenvalue weighted by Gasteiger charge is 2.29. The van der Waals surface area contributed by atoms with Gasteiger partial charge in [0.15, 0.2) is 5.78 Å². The van der Waals surface area contributed by atoms with Gasteiger partial charge in [0.1, 0.15) is 0 Å². The molecule has 1 aromatic heterocycles. The zero-order valence-electron chi connectivity index (χ0n) is 12.0. The molecule has 1 aliphatic heterocycles. The van der Waals surface area contributed by atoms with Crippen LogP contribution in [-0.2, 0) is 28.9 Å². The largest absolute Gasteiger partial charge is 0.380 e. The molecule has 106 valence electrons. The van der Waals surface area contributed by atoms with Crippen molar-refractivity contribution >= 4 is 5.78 Å². The van der Waals surface area contributed by atoms with E-state index in [9.17, 15) is 4.79 Å². The highest BCUT2D eigenvalue weighted by molar-refractivity contribution is 5.86. The van der Waals surface area contributed by atoms with Crippen molar-refractivity contribution in [2.45, 2.75) is 51.8 Å². The summed E-state index contributed by atoms with van der Waals surface area (Å²) < 4.78 is 7.21. The zero-order valence-corrected chi connectivity index (χ0v) is 12.0. The Morgan fingerprint density at radius 3 is 2.95 bits per heavy atom. The molecule has 5 nitrogen and oxygen atoms in total. The number of methoxy groups -OCH3 is 1. The van der Waals surface area contributed by atoms with Crippen molar-refractivity contribution in [3.05, 3.63) is 17.5 Å². The van der Waals surface area contributed by atoms with Crippen LogP contribution in [-0.4, -0.2) is 41.4 Å². The number of carbonyl (C=O) groups is 1. The summed E-state index contributed by atoms with van der Waals surface area (Å²) in [5.74, 6) is 0.233. The lowest BCUT2D eigenvalue weighted by molar-refractivity contribution is -0.120. The van der Waals surface area contributed by atoms with Crippen LogP contribution in [0.4, 0.5) is 0 Å². The van der Waals surface area contributed by atoms with Crippen molar-refractivity contribution < 1.29 is 9.53 Å². The van der Waals surface area contributed by atoms with Gasteiger partial charge in [-0.3, -0.25) is 9.48 Å². The van der Waals surface area contributed by atoms with Gasteiger partial charge in [-0.1, -0.05) is 6.92 Å². The predicted octanol–water partition coefficient (Wildman–Crippen LogP) is 0.954. The Morgan fingerprint density at radius 2 is 2.37 bits per heavy atom. The standard InChI is InChI=1S/C14H23N3O2/c1-4-10-6-11(17(5-2)16-10)7-14(18)13-8-12(19-3)9-15-13/h6,12-13,15H,4-5,7-9H2,1-3H3. The van der Waals surface area contributed by atoms with Gasteiger partial charge in [-0.05, 0) is 25.8 Å². The maximum absolute atomic E-state index is 12.3. The van der Waals surface area contributed by atoms with Crippen LogP contribution in [0.5, 0.6) is 0 Å². The Bertz CT molecular complexity index is 442. The number of ketones is 1. The van der Waals surface area contributed by atoms with E-state index in [4.69, 9.17) is 4.74 Å². The van der Waals surface area contributed by atoms with E-state index in [0.717, 1.165) is 37.3 Å². The second-order valence-electron chi connectivity index (χ2n) is 4.99. The molecule has 1 aromatic rings. The smallest absolute Gasteiger partial charge is 0.155 e. The summed E-state index contributed by atoms with van der Waals surface area (Å²) in [6.07, 6.45) is 2.29. The van der Waals surface area contributed by atoms with Crippen molar-refractivity contribution in [1.82, 2.24) is 15.1 Å². The Balaban J connectivity index is 2.00. The van der Waals surface area contributed by atoms with Crippen LogP contribution in [0.3, 0.4) is 0 Å². The minimum atomic E-state index is -0.0739. The van der Waals surface area contributed by atoms with Gasteiger partial charge in [0, 0.05) is 25.9 Å². The molecule has 1 fully saturated rings. The molecule has 2 atom stereocenters. The lowest BCUT2D eigenvalue weighted by Gasteiger charge is -2.10. The molecule has 0 aromatic carbocycles. The molecular weight excluding hydrogens is 242 g/mol. The van der Waals surface area contributed by atoms with E-state index < -0.39 is 0 Å². The normalized spacial score (nSPS) is 22.9. The van der Waals surface area contributed by atoms with Gasteiger partial charge in [-0.2, -0.15) is 5.10 Å². The number of carbonyl (C=O) groups excluding carboxylic acids is 1. The molecule has 5 heteroatoms. The molecule has 0 radical (unpaired) electrons. The molecule has 0 amide bonds. The van der Waals surface area contributed by atoms with Crippen LogP contribution in [0, 0.1) is 0 Å². The lowest BCUT2D eigenvalue weighted by atomic mass is 10.1. The van der Waals surface area contributed by atoms with Gasteiger partial charge in [0.05, 0.1) is 24.3 Å². The monoisotopic (exact) mass is 265 g/mol. The summed E-state index contributed by atoms with van der Waals surface area (Å²) in [7, 11) is 1.69. The van der Waals surface area contributed by atoms with Gasteiger partial charge < -0.3 is 10.1 Å². The molecule has 0 saturated carbocycles. The average Bonchev–Trinajstić information content (AvgIpc) is 3.04. The van der Waals surface area contributed by atoms with Gasteiger partial charge in [0.25, 0.3) is 0 Å². The minimum absolute atomic E-state index is 0.0739. The van der Waals surface area contributed by atoms with Crippen LogP contribution in [0.25, 0.3) is 0 Å². The Kier molecular flexibility index (Phi) is 4.71. The van der Waals surface area contributed by atoms with Crippen LogP contribution in [0.2, 0.25) is 0 Å². The molecule has 0 bridgehead atoms. The van der Waals surface area contributed by atoms with E-state index in [1.54, 1.807) is 7.11 Å². The summed E-state index contributed by atoms with van der Waals surface area (Å²) >= 11 is 0. The molecule has 0 spiro atoms. The van der Waals surface area contributed by atoms with Gasteiger partial charge >= 0.3 is 0 Å². The fraction of sp³-hybridized carbons (Fsp3) is 0.714. The van der Waals surface area contributed by atoms with E-state index in [-0.39, 0.29) is 17.9 Å². The second-order valence-corrected chi connectivity index (χ2v) is 4.99. The molecule has 2 rings (SSSR count). The number of hydrogen-bond acceptors (Lipinski definition) is 4. The van der Waals surface area contributed by atoms with Gasteiger partial charge in [0.2, 0.25) is 0 Å². The third kappa shape index (κ3) is 3.22. The summed E-state index contributed by atoms with van der Waals surface area (Å²) in [6, 6.07) is 1.97. The Labute approximate surface area is 114 Å². The summed E-state index contributed by atoms with van der Waals surface area (Å²) in [5, 5.41) is 7.71. The number of nitrogens with one attached hydrogen (secondary N) is 1. The first-order valence-corrected chi connectivity index (χ1v) is 7.02. The first-order valence-electron chi connectivity index (χ1n) is 7.02.